The maximum absolute atomic E-state index is 14.7. The van der Waals surface area contributed by atoms with Crippen LogP contribution in [0.5, 0.6) is 0 Å². The molecule has 0 heterocycles. The molecule has 0 radical (unpaired) electrons. The molecule has 3 amide bonds. The van der Waals surface area contributed by atoms with Crippen molar-refractivity contribution in [3.63, 3.8) is 0 Å². The lowest BCUT2D eigenvalue weighted by Gasteiger charge is -2.40. The number of ether oxygens (including phenoxy) is 1. The maximum Gasteiger partial charge on any atom is 0.408 e. The summed E-state index contributed by atoms with van der Waals surface area (Å²) in [6.45, 7) is 15.6. The Hall–Kier alpha value is -3.87. The van der Waals surface area contributed by atoms with E-state index in [-0.39, 0.29) is 23.8 Å². The van der Waals surface area contributed by atoms with Gasteiger partial charge in [0, 0.05) is 11.7 Å². The highest BCUT2D eigenvalue weighted by Gasteiger charge is 2.40. The van der Waals surface area contributed by atoms with Gasteiger partial charge in [-0.1, -0.05) is 94.8 Å². The molecule has 0 aromatic heterocycles. The molecule has 0 aliphatic carbocycles. The Morgan fingerprint density at radius 2 is 1.47 bits per heavy atom. The van der Waals surface area contributed by atoms with Crippen LogP contribution < -0.4 is 10.6 Å². The Balaban J connectivity index is 2.07. The fourth-order valence-electron chi connectivity index (χ4n) is 5.14. The third-order valence-corrected chi connectivity index (χ3v) is 7.70. The summed E-state index contributed by atoms with van der Waals surface area (Å²) in [4.78, 5) is 43.6. The maximum atomic E-state index is 14.7. The summed E-state index contributed by atoms with van der Waals surface area (Å²) < 4.78 is 5.54. The Kier molecular flexibility index (Phi) is 11.8. The van der Waals surface area contributed by atoms with Gasteiger partial charge in [-0.05, 0) is 80.8 Å². The first-order valence-corrected chi connectivity index (χ1v) is 15.5. The second-order valence-electron chi connectivity index (χ2n) is 12.9. The van der Waals surface area contributed by atoms with Gasteiger partial charge in [-0.3, -0.25) is 9.59 Å². The van der Waals surface area contributed by atoms with Crippen molar-refractivity contribution in [2.45, 2.75) is 98.4 Å². The van der Waals surface area contributed by atoms with E-state index >= 15 is 0 Å². The summed E-state index contributed by atoms with van der Waals surface area (Å²) in [5.74, 6) is -0.392. The van der Waals surface area contributed by atoms with Gasteiger partial charge in [-0.15, -0.1) is 0 Å². The summed E-state index contributed by atoms with van der Waals surface area (Å²) in [7, 11) is 0. The van der Waals surface area contributed by atoms with E-state index < -0.39 is 23.8 Å². The van der Waals surface area contributed by atoms with Crippen LogP contribution in [-0.2, 0) is 14.3 Å². The van der Waals surface area contributed by atoms with Gasteiger partial charge >= 0.3 is 6.09 Å². The minimum Gasteiger partial charge on any atom is -0.444 e. The smallest absolute Gasteiger partial charge is 0.408 e. The van der Waals surface area contributed by atoms with E-state index in [0.717, 1.165) is 17.2 Å². The van der Waals surface area contributed by atoms with Crippen molar-refractivity contribution in [2.75, 3.05) is 5.32 Å². The van der Waals surface area contributed by atoms with E-state index in [1.807, 2.05) is 93.6 Å². The zero-order valence-corrected chi connectivity index (χ0v) is 27.0. The first-order chi connectivity index (χ1) is 20.3. The molecule has 7 heteroatoms. The highest BCUT2D eigenvalue weighted by molar-refractivity contribution is 6.00. The van der Waals surface area contributed by atoms with E-state index in [0.29, 0.717) is 30.0 Å². The molecule has 3 aromatic rings. The van der Waals surface area contributed by atoms with Gasteiger partial charge in [0.25, 0.3) is 5.91 Å². The number of hydrogen-bond acceptors (Lipinski definition) is 4. The molecule has 0 fully saturated rings. The minimum absolute atomic E-state index is 0.195. The van der Waals surface area contributed by atoms with E-state index in [9.17, 15) is 14.4 Å². The van der Waals surface area contributed by atoms with Gasteiger partial charge in [-0.25, -0.2) is 4.79 Å². The van der Waals surface area contributed by atoms with E-state index in [2.05, 4.69) is 24.5 Å². The van der Waals surface area contributed by atoms with Crippen molar-refractivity contribution in [1.82, 2.24) is 10.2 Å². The average Bonchev–Trinajstić information content (AvgIpc) is 2.96. The molecule has 0 bridgehead atoms. The Morgan fingerprint density at radius 3 is 2.07 bits per heavy atom. The predicted octanol–water partition coefficient (Wildman–Crippen LogP) is 8.11. The van der Waals surface area contributed by atoms with Crippen molar-refractivity contribution in [3.8, 4) is 0 Å². The molecule has 0 aliphatic heterocycles. The third kappa shape index (κ3) is 9.57. The van der Waals surface area contributed by atoms with Crippen LogP contribution in [0.25, 0.3) is 10.8 Å². The highest BCUT2D eigenvalue weighted by atomic mass is 16.6. The second kappa shape index (κ2) is 15.0. The fourth-order valence-corrected chi connectivity index (χ4v) is 5.14. The van der Waals surface area contributed by atoms with Crippen molar-refractivity contribution < 1.29 is 19.1 Å². The quantitative estimate of drug-likeness (QED) is 0.224. The summed E-state index contributed by atoms with van der Waals surface area (Å²) >= 11 is 0. The largest absolute Gasteiger partial charge is 0.444 e. The zero-order valence-electron chi connectivity index (χ0n) is 27.0. The Labute approximate surface area is 257 Å². The lowest BCUT2D eigenvalue weighted by Crippen LogP contribution is -2.57. The molecule has 3 aromatic carbocycles. The first-order valence-electron chi connectivity index (χ1n) is 15.5. The lowest BCUT2D eigenvalue weighted by molar-refractivity contribution is -0.144. The van der Waals surface area contributed by atoms with Crippen LogP contribution in [0.1, 0.15) is 86.3 Å². The van der Waals surface area contributed by atoms with Gasteiger partial charge < -0.3 is 20.3 Å². The molecule has 2 N–H and O–H groups in total. The van der Waals surface area contributed by atoms with E-state index in [1.54, 1.807) is 25.7 Å². The molecule has 3 rings (SSSR count). The molecule has 43 heavy (non-hydrogen) atoms. The van der Waals surface area contributed by atoms with Crippen LogP contribution >= 0.6 is 0 Å². The number of nitrogens with zero attached hydrogens (tertiary/aromatic N) is 1. The molecular formula is C36H49N3O4. The summed E-state index contributed by atoms with van der Waals surface area (Å²) in [5.41, 5.74) is 0.631. The first kappa shape index (κ1) is 33.6. The van der Waals surface area contributed by atoms with Crippen molar-refractivity contribution in [1.29, 1.82) is 0 Å². The van der Waals surface area contributed by atoms with Gasteiger partial charge in [-0.2, -0.15) is 0 Å². The Morgan fingerprint density at radius 1 is 0.837 bits per heavy atom. The number of amides is 3. The second-order valence-corrected chi connectivity index (χ2v) is 12.9. The number of carbonyl (C=O) groups is 3. The van der Waals surface area contributed by atoms with Gasteiger partial charge in [0.2, 0.25) is 5.91 Å². The minimum atomic E-state index is -0.922. The molecule has 0 aliphatic rings. The van der Waals surface area contributed by atoms with E-state index in [4.69, 9.17) is 4.74 Å². The van der Waals surface area contributed by atoms with Crippen LogP contribution in [0.4, 0.5) is 10.5 Å². The number of benzene rings is 3. The van der Waals surface area contributed by atoms with Crippen LogP contribution in [-0.4, -0.2) is 40.5 Å². The number of fused-ring (bicyclic) bond motifs is 1. The Bertz CT molecular complexity index is 1370. The third-order valence-electron chi connectivity index (χ3n) is 7.70. The van der Waals surface area contributed by atoms with E-state index in [1.165, 1.54) is 0 Å². The average molecular weight is 588 g/mol. The van der Waals surface area contributed by atoms with Crippen molar-refractivity contribution >= 4 is 34.4 Å². The summed E-state index contributed by atoms with van der Waals surface area (Å²) in [6.07, 6.45) is 1.58. The monoisotopic (exact) mass is 587 g/mol. The number of rotatable bonds is 12. The number of nitrogens with one attached hydrogen (secondary N) is 2. The van der Waals surface area contributed by atoms with Crippen LogP contribution in [0.2, 0.25) is 0 Å². The van der Waals surface area contributed by atoms with Crippen molar-refractivity contribution in [3.05, 3.63) is 78.4 Å². The molecule has 4 atom stereocenters. The molecule has 0 saturated heterocycles. The number of alkyl carbamates (subject to hydrolysis) is 1. The molecular weight excluding hydrogens is 538 g/mol. The molecule has 7 nitrogen and oxygen atoms in total. The zero-order chi connectivity index (χ0) is 31.7. The standard InChI is InChI=1S/C36H49N3O4/c1-9-25(4)31(38-35(42)43-36(6,7)8)34(41)39(26(5)20-19-24(2)3)32(28-16-11-10-12-17-28)33(40)37-30-22-21-27-15-13-14-18-29(27)23-30/h10-18,21-26,31-32H,9,19-20H2,1-8H3,(H,37,40)(H,38,42). The number of anilines is 1. The molecule has 0 saturated carbocycles. The van der Waals surface area contributed by atoms with Crippen LogP contribution in [0.15, 0.2) is 72.8 Å². The fraction of sp³-hybridized carbons (Fsp3) is 0.472. The SMILES string of the molecule is CCC(C)C(NC(=O)OC(C)(C)C)C(=O)N(C(C)CCC(C)C)C(C(=O)Nc1ccc2ccccc2c1)c1ccccc1. The van der Waals surface area contributed by atoms with Gasteiger partial charge in [0.05, 0.1) is 0 Å². The molecule has 0 spiro atoms. The van der Waals surface area contributed by atoms with Gasteiger partial charge in [0.15, 0.2) is 0 Å². The molecule has 4 unspecified atom stereocenters. The topological polar surface area (TPSA) is 87.7 Å². The van der Waals surface area contributed by atoms with Crippen LogP contribution in [0.3, 0.4) is 0 Å². The van der Waals surface area contributed by atoms with Crippen molar-refractivity contribution in [2.24, 2.45) is 11.8 Å². The lowest BCUT2D eigenvalue weighted by atomic mass is 9.93. The molecule has 232 valence electrons. The number of hydrogen-bond donors (Lipinski definition) is 2. The van der Waals surface area contributed by atoms with Gasteiger partial charge in [0.1, 0.15) is 17.7 Å². The normalized spacial score (nSPS) is 14.4. The predicted molar refractivity (Wildman–Crippen MR) is 175 cm³/mol. The summed E-state index contributed by atoms with van der Waals surface area (Å²) in [6, 6.07) is 21.1. The van der Waals surface area contributed by atoms with Crippen LogP contribution in [0, 0.1) is 11.8 Å². The summed E-state index contributed by atoms with van der Waals surface area (Å²) in [5, 5.41) is 8.03. The number of carbonyl (C=O) groups excluding carboxylic acids is 3. The highest BCUT2D eigenvalue weighted by Crippen LogP contribution is 2.30.